The molecule has 10 amide bonds. The number of carbonyl (C=O) groups excluding carboxylic acids is 10. The molecule has 4 aromatic rings. The molecule has 4 aliphatic heterocycles. The van der Waals surface area contributed by atoms with Crippen LogP contribution in [0.4, 0.5) is 14.4 Å². The molecule has 128 heavy (non-hydrogen) atoms. The highest BCUT2D eigenvalue weighted by Gasteiger charge is 2.65. The van der Waals surface area contributed by atoms with Crippen LogP contribution in [0.15, 0.2) is 159 Å². The monoisotopic (exact) mass is 1850 g/mol. The van der Waals surface area contributed by atoms with Gasteiger partial charge in [-0.2, -0.15) is 0 Å². The van der Waals surface area contributed by atoms with E-state index in [2.05, 4.69) is 60.5 Å². The molecule has 15 atom stereocenters. The molecule has 4 aromatic carbocycles. The number of carboxylic acid groups (broad SMARTS) is 1. The van der Waals surface area contributed by atoms with E-state index in [1.54, 1.807) is 68.4 Å². The van der Waals surface area contributed by atoms with Crippen LogP contribution in [-0.4, -0.2) is 216 Å². The maximum absolute atomic E-state index is 14.2. The highest BCUT2D eigenvalue weighted by atomic mass is 35.5. The van der Waals surface area contributed by atoms with Gasteiger partial charge in [-0.25, -0.2) is 44.4 Å². The van der Waals surface area contributed by atoms with Crippen LogP contribution < -0.4 is 40.8 Å². The third-order valence-electron chi connectivity index (χ3n) is 24.4. The van der Waals surface area contributed by atoms with Crippen LogP contribution in [0.1, 0.15) is 212 Å². The number of carbonyl (C=O) groups is 11. The summed E-state index contributed by atoms with van der Waals surface area (Å²) >= 11 is 0. The van der Waals surface area contributed by atoms with E-state index in [1.807, 2.05) is 142 Å². The summed E-state index contributed by atoms with van der Waals surface area (Å²) in [4.78, 5) is 147. The minimum absolute atomic E-state index is 0. The minimum atomic E-state index is -3.84. The molecule has 36 heteroatoms. The molecule has 0 bridgehead atoms. The number of carboxylic acids is 1. The molecule has 9 N–H and O–H groups in total. The molecule has 0 spiro atoms. The average molecular weight is 1850 g/mol. The number of nitrogens with one attached hydrogen (secondary N) is 8. The molecule has 0 aromatic heterocycles. The van der Waals surface area contributed by atoms with E-state index in [1.165, 1.54) is 32.4 Å². The highest BCUT2D eigenvalue weighted by Crippen LogP contribution is 2.49. The number of likely N-dealkylation sites (tertiary alicyclic amines) is 3. The summed E-state index contributed by atoms with van der Waals surface area (Å²) in [6.07, 6.45) is 8.36. The Bertz CT molecular complexity index is 5170. The Morgan fingerprint density at radius 1 is 0.430 bits per heavy atom. The van der Waals surface area contributed by atoms with E-state index < -0.39 is 186 Å². The van der Waals surface area contributed by atoms with Gasteiger partial charge in [-0.05, 0) is 179 Å². The summed E-state index contributed by atoms with van der Waals surface area (Å²) in [5, 5.41) is 22.0. The first-order chi connectivity index (χ1) is 59.4. The van der Waals surface area contributed by atoms with Crippen LogP contribution in [0.2, 0.25) is 0 Å². The van der Waals surface area contributed by atoms with Crippen LogP contribution in [0.3, 0.4) is 0 Å². The molecule has 32 nitrogen and oxygen atoms in total. The van der Waals surface area contributed by atoms with Crippen LogP contribution >= 0.6 is 12.4 Å². The van der Waals surface area contributed by atoms with Crippen molar-refractivity contribution in [3.05, 3.63) is 182 Å². The quantitative estimate of drug-likeness (QED) is 0.0220. The van der Waals surface area contributed by atoms with Gasteiger partial charge in [0.2, 0.25) is 53.7 Å². The van der Waals surface area contributed by atoms with Gasteiger partial charge in [0.1, 0.15) is 57.6 Å². The summed E-state index contributed by atoms with van der Waals surface area (Å²) in [6.45, 7) is 33.9. The van der Waals surface area contributed by atoms with Gasteiger partial charge in [-0.1, -0.05) is 160 Å². The fraction of sp³-hybridized carbons (Fsp3) is 0.554. The molecular formula is C92H124ClN11O21S3. The second-order valence-electron chi connectivity index (χ2n) is 39.0. The van der Waals surface area contributed by atoms with E-state index in [0.717, 1.165) is 16.7 Å². The Kier molecular flexibility index (Phi) is 30.6. The number of aliphatic carboxylic acids is 1. The third kappa shape index (κ3) is 24.8. The molecule has 4 heterocycles. The maximum atomic E-state index is 14.2. The van der Waals surface area contributed by atoms with Crippen LogP contribution in [-0.2, 0) is 82.6 Å². The summed E-state index contributed by atoms with van der Waals surface area (Å²) in [7, 11) is -11.3. The van der Waals surface area contributed by atoms with Crippen LogP contribution in [0.25, 0.3) is 0 Å². The van der Waals surface area contributed by atoms with Crippen LogP contribution in [0, 0.1) is 23.2 Å². The predicted molar refractivity (Wildman–Crippen MR) is 481 cm³/mol. The molecule has 698 valence electrons. The minimum Gasteiger partial charge on any atom is -0.480 e. The lowest BCUT2D eigenvalue weighted by atomic mass is 9.85. The average Bonchev–Trinajstić information content (AvgIpc) is 1.58. The zero-order valence-electron chi connectivity index (χ0n) is 74.7. The molecular weight excluding hydrogens is 1730 g/mol. The van der Waals surface area contributed by atoms with Crippen molar-refractivity contribution in [3.63, 3.8) is 0 Å². The fourth-order valence-corrected chi connectivity index (χ4v) is 20.7. The second-order valence-corrected chi connectivity index (χ2v) is 44.9. The van der Waals surface area contributed by atoms with E-state index in [4.69, 9.17) is 14.2 Å². The third-order valence-corrected chi connectivity index (χ3v) is 29.8. The number of sulfonamides is 3. The number of nitrogens with zero attached hydrogens (tertiary/aromatic N) is 3. The van der Waals surface area contributed by atoms with Gasteiger partial charge in [0.25, 0.3) is 17.7 Å². The predicted octanol–water partition coefficient (Wildman–Crippen LogP) is 9.52. The number of alkyl carbamates (subject to hydrolysis) is 1. The Labute approximate surface area is 756 Å². The lowest BCUT2D eigenvalue weighted by Gasteiger charge is -2.36. The Hall–Kier alpha value is -10.2. The largest absolute Gasteiger partial charge is 0.480 e. The summed E-state index contributed by atoms with van der Waals surface area (Å²) < 4.78 is 96.8. The lowest BCUT2D eigenvalue weighted by molar-refractivity contribution is -0.143. The highest BCUT2D eigenvalue weighted by molar-refractivity contribution is 7.91. The fourth-order valence-electron chi connectivity index (χ4n) is 16.6. The first-order valence-corrected chi connectivity index (χ1v) is 48.0. The number of hydrogen-bond donors (Lipinski definition) is 9. The Balaban J connectivity index is 0.000000183. The molecule has 6 saturated carbocycles. The van der Waals surface area contributed by atoms with Crippen molar-refractivity contribution in [3.8, 4) is 0 Å². The second kappa shape index (κ2) is 39.2. The van der Waals surface area contributed by atoms with Crippen molar-refractivity contribution in [2.75, 3.05) is 26.2 Å². The molecule has 2 unspecified atom stereocenters. The maximum Gasteiger partial charge on any atom is 0.411 e. The standard InChI is InChI=1S/C31H44N4O7S.C25H33N3O6S.C20H25N3O4S.C16H21NO4.ClH/c1-8-21-17-31(21,27(38)34-43(40,41)22-14-15-22)33-25(36)23-16-20(19-12-10-9-11-13-19)18-35(23)26(37)24(29(2,3)4)32-28(39)42-30(5,6)7;1-5-18-14-25(18,22(30)27-35(32,33)19-11-12-19)26-21(29)20-13-17(16-9-7-6-8-10-16)15-28(20)23(31)34-24(2,3)4;1-2-15-11-20(15,19(25)23-28(26,27)16-8-9-16)22-18(24)17-10-14(12-21-17)13-6-4-3-5-7-13;1-16(2,3)21-15(20)17-10-12(9-13(17)14(18)19)11-7-5-4-6-8-11;/h8-13,20-24H,1,14-18H2,2-7H3,(H,32,39)(H,33,36)(H,34,38);5-10,17-20H,1,11-15H2,2-4H3,(H,26,29)(H,27,30);2-7,14-17,21H,1,8-12H2,(H,22,24)(H,23,25);4-8,12-13H,9-10H2,1-3H3,(H,18,19);1H/t20-,21-,23+,24-,31-;17-,18-,20?,25-;14-,15-,17+,20-;12-,13?;/m1111./s1. The van der Waals surface area contributed by atoms with Crippen molar-refractivity contribution in [1.82, 2.24) is 55.4 Å². The van der Waals surface area contributed by atoms with E-state index in [9.17, 15) is 83.1 Å². The van der Waals surface area contributed by atoms with E-state index in [0.29, 0.717) is 77.3 Å². The molecule has 4 saturated heterocycles. The molecule has 10 fully saturated rings. The molecule has 6 aliphatic carbocycles. The van der Waals surface area contributed by atoms with Crippen LogP contribution in [0.5, 0.6) is 0 Å². The number of halogens is 1. The van der Waals surface area contributed by atoms with Crippen molar-refractivity contribution in [2.45, 2.75) is 270 Å². The lowest BCUT2D eigenvalue weighted by Crippen LogP contribution is -2.60. The topological polar surface area (TPSA) is 444 Å². The molecule has 0 radical (unpaired) electrons. The first-order valence-electron chi connectivity index (χ1n) is 43.3. The number of amides is 10. The van der Waals surface area contributed by atoms with Crippen molar-refractivity contribution in [1.29, 1.82) is 0 Å². The van der Waals surface area contributed by atoms with Gasteiger partial charge in [0.05, 0.1) is 21.8 Å². The van der Waals surface area contributed by atoms with Gasteiger partial charge >= 0.3 is 24.2 Å². The number of benzene rings is 4. The van der Waals surface area contributed by atoms with Crippen molar-refractivity contribution in [2.24, 2.45) is 23.2 Å². The first kappa shape index (κ1) is 99.9. The number of ether oxygens (including phenoxy) is 3. The summed E-state index contributed by atoms with van der Waals surface area (Å²) in [6, 6.07) is 34.7. The molecule has 14 rings (SSSR count). The smallest absolute Gasteiger partial charge is 0.411 e. The van der Waals surface area contributed by atoms with E-state index >= 15 is 0 Å². The zero-order valence-corrected chi connectivity index (χ0v) is 77.9. The van der Waals surface area contributed by atoms with Gasteiger partial charge in [-0.3, -0.25) is 57.5 Å². The van der Waals surface area contributed by atoms with Gasteiger partial charge in [0.15, 0.2) is 0 Å². The Morgan fingerprint density at radius 2 is 0.727 bits per heavy atom. The van der Waals surface area contributed by atoms with Gasteiger partial charge < -0.3 is 50.8 Å². The zero-order chi connectivity index (χ0) is 93.1. The van der Waals surface area contributed by atoms with Crippen molar-refractivity contribution < 1.29 is 97.3 Å². The van der Waals surface area contributed by atoms with Crippen molar-refractivity contribution >= 4 is 108 Å². The summed E-state index contributed by atoms with van der Waals surface area (Å²) in [5.41, 5.74) is -2.82. The SMILES string of the molecule is C=C[C@@H]1C[C@]1(NC(=O)C1C[C@@H](c2ccccc2)CN1C(=O)OC(C)(C)C)C(=O)NS(=O)(=O)C1CC1.C=C[C@@H]1C[C@]1(NC(=O)[C@@H]1C[C@@H](c2ccccc2)CN1)C(=O)NS(=O)(=O)C1CC1.C=C[C@@H]1C[C@]1(NC(=O)[C@@H]1C[C@@H](c2ccccc2)CN1C(=O)[C@@H](NC(=O)OC(C)(C)C)C(C)(C)C)C(=O)NS(=O)(=O)C1CC1.CC(C)(C)OC(=O)N1C[C@H](c2ccccc2)CC1C(=O)O.Cl. The molecule has 10 aliphatic rings. The number of rotatable bonds is 25. The summed E-state index contributed by atoms with van der Waals surface area (Å²) in [5.74, 6) is -6.16. The van der Waals surface area contributed by atoms with E-state index in [-0.39, 0.29) is 80.3 Å². The Morgan fingerprint density at radius 3 is 1.02 bits per heavy atom. The normalized spacial score (nSPS) is 27.1. The van der Waals surface area contributed by atoms with Gasteiger partial charge in [-0.15, -0.1) is 32.1 Å². The van der Waals surface area contributed by atoms with Gasteiger partial charge in [0, 0.05) is 61.7 Å². The number of hydrogen-bond acceptors (Lipinski definition) is 21.